The Morgan fingerprint density at radius 2 is 1.71 bits per heavy atom. The first-order valence-electron chi connectivity index (χ1n) is 5.25. The van der Waals surface area contributed by atoms with Gasteiger partial charge in [0.15, 0.2) is 0 Å². The van der Waals surface area contributed by atoms with Crippen molar-refractivity contribution in [1.82, 2.24) is 0 Å². The standard InChI is InChI=1S/C13H19N/c1-2-3-4-5-6-7-8-9-10-11-12-13-14/h3-6,10-11H,2,7-9,12H2,1H3/b4-3+,6-5+,11-10+. The predicted octanol–water partition coefficient (Wildman–Crippen LogP) is 4.15. The lowest BCUT2D eigenvalue weighted by atomic mass is 10.2. The van der Waals surface area contributed by atoms with Gasteiger partial charge in [-0.05, 0) is 25.7 Å². The van der Waals surface area contributed by atoms with Gasteiger partial charge in [0.2, 0.25) is 0 Å². The van der Waals surface area contributed by atoms with Gasteiger partial charge in [0.1, 0.15) is 0 Å². The van der Waals surface area contributed by atoms with E-state index in [1.54, 1.807) is 0 Å². The van der Waals surface area contributed by atoms with Crippen molar-refractivity contribution in [3.63, 3.8) is 0 Å². The van der Waals surface area contributed by atoms with E-state index < -0.39 is 0 Å². The molecule has 0 aliphatic heterocycles. The molecular weight excluding hydrogens is 170 g/mol. The molecule has 0 saturated carbocycles. The summed E-state index contributed by atoms with van der Waals surface area (Å²) in [4.78, 5) is 0. The molecule has 1 nitrogen and oxygen atoms in total. The number of hydrogen-bond donors (Lipinski definition) is 0. The normalized spacial score (nSPS) is 11.7. The number of nitriles is 1. The van der Waals surface area contributed by atoms with E-state index in [1.807, 2.05) is 6.08 Å². The highest BCUT2D eigenvalue weighted by molar-refractivity contribution is 5.02. The van der Waals surface area contributed by atoms with E-state index in [0.717, 1.165) is 19.3 Å². The van der Waals surface area contributed by atoms with Gasteiger partial charge in [-0.15, -0.1) is 0 Å². The number of hydrogen-bond acceptors (Lipinski definition) is 1. The number of allylic oxidation sites excluding steroid dienone is 6. The molecular formula is C13H19N. The summed E-state index contributed by atoms with van der Waals surface area (Å²) in [6.45, 7) is 2.13. The Morgan fingerprint density at radius 3 is 2.43 bits per heavy atom. The number of nitrogens with zero attached hydrogens (tertiary/aromatic N) is 1. The Labute approximate surface area is 87.4 Å². The van der Waals surface area contributed by atoms with Crippen molar-refractivity contribution in [3.05, 3.63) is 36.5 Å². The van der Waals surface area contributed by atoms with Gasteiger partial charge in [-0.1, -0.05) is 43.4 Å². The molecule has 0 spiro atoms. The molecule has 0 saturated heterocycles. The lowest BCUT2D eigenvalue weighted by Crippen LogP contribution is -1.68. The van der Waals surface area contributed by atoms with Crippen molar-refractivity contribution in [2.24, 2.45) is 0 Å². The maximum atomic E-state index is 8.27. The first-order chi connectivity index (χ1) is 6.91. The smallest absolute Gasteiger partial charge is 0.0663 e. The molecule has 0 aliphatic rings. The Morgan fingerprint density at radius 1 is 1.00 bits per heavy atom. The van der Waals surface area contributed by atoms with E-state index in [1.165, 1.54) is 6.42 Å². The van der Waals surface area contributed by atoms with Gasteiger partial charge >= 0.3 is 0 Å². The van der Waals surface area contributed by atoms with Crippen LogP contribution in [0.4, 0.5) is 0 Å². The van der Waals surface area contributed by atoms with Crippen molar-refractivity contribution >= 4 is 0 Å². The third-order valence-corrected chi connectivity index (χ3v) is 1.74. The molecule has 0 aromatic heterocycles. The molecule has 0 atom stereocenters. The fourth-order valence-electron chi connectivity index (χ4n) is 0.997. The minimum absolute atomic E-state index is 0.537. The van der Waals surface area contributed by atoms with E-state index in [2.05, 4.69) is 43.4 Å². The minimum Gasteiger partial charge on any atom is -0.198 e. The van der Waals surface area contributed by atoms with Gasteiger partial charge in [0, 0.05) is 0 Å². The largest absolute Gasteiger partial charge is 0.198 e. The lowest BCUT2D eigenvalue weighted by molar-refractivity contribution is 0.866. The van der Waals surface area contributed by atoms with E-state index in [-0.39, 0.29) is 0 Å². The molecule has 0 N–H and O–H groups in total. The van der Waals surface area contributed by atoms with Crippen LogP contribution in [0.15, 0.2) is 36.5 Å². The van der Waals surface area contributed by atoms with Crippen LogP contribution in [0.2, 0.25) is 0 Å². The summed E-state index contributed by atoms with van der Waals surface area (Å²) in [7, 11) is 0. The highest BCUT2D eigenvalue weighted by atomic mass is 14.2. The molecule has 0 unspecified atom stereocenters. The van der Waals surface area contributed by atoms with Crippen LogP contribution in [0.3, 0.4) is 0 Å². The Balaban J connectivity index is 3.25. The van der Waals surface area contributed by atoms with Crippen LogP contribution in [-0.4, -0.2) is 0 Å². The summed E-state index contributed by atoms with van der Waals surface area (Å²) in [6.07, 6.45) is 17.5. The molecule has 0 aromatic rings. The summed E-state index contributed by atoms with van der Waals surface area (Å²) in [5, 5.41) is 8.27. The zero-order valence-corrected chi connectivity index (χ0v) is 8.95. The molecule has 76 valence electrons. The molecule has 0 radical (unpaired) electrons. The van der Waals surface area contributed by atoms with E-state index in [9.17, 15) is 0 Å². The van der Waals surface area contributed by atoms with Gasteiger partial charge < -0.3 is 0 Å². The van der Waals surface area contributed by atoms with Crippen LogP contribution in [0.5, 0.6) is 0 Å². The van der Waals surface area contributed by atoms with Gasteiger partial charge in [-0.25, -0.2) is 0 Å². The van der Waals surface area contributed by atoms with Gasteiger partial charge in [-0.2, -0.15) is 5.26 Å². The van der Waals surface area contributed by atoms with Crippen LogP contribution in [-0.2, 0) is 0 Å². The Bertz CT molecular complexity index is 228. The molecule has 14 heavy (non-hydrogen) atoms. The first kappa shape index (κ1) is 12.7. The summed E-state index contributed by atoms with van der Waals surface area (Å²) < 4.78 is 0. The maximum Gasteiger partial charge on any atom is 0.0663 e. The molecule has 1 heteroatoms. The van der Waals surface area contributed by atoms with E-state index >= 15 is 0 Å². The summed E-state index contributed by atoms with van der Waals surface area (Å²) in [6, 6.07) is 2.08. The Kier molecular flexibility index (Phi) is 10.6. The molecule has 0 heterocycles. The average molecular weight is 189 g/mol. The molecule has 0 aliphatic carbocycles. The van der Waals surface area contributed by atoms with Crippen LogP contribution < -0.4 is 0 Å². The fraction of sp³-hybridized carbons (Fsp3) is 0.462. The monoisotopic (exact) mass is 189 g/mol. The van der Waals surface area contributed by atoms with Crippen molar-refractivity contribution < 1.29 is 0 Å². The van der Waals surface area contributed by atoms with Crippen molar-refractivity contribution in [1.29, 1.82) is 5.26 Å². The molecule has 0 bridgehead atoms. The van der Waals surface area contributed by atoms with Gasteiger partial charge in [0.05, 0.1) is 12.5 Å². The van der Waals surface area contributed by atoms with Gasteiger partial charge in [0.25, 0.3) is 0 Å². The summed E-state index contributed by atoms with van der Waals surface area (Å²) >= 11 is 0. The fourth-order valence-corrected chi connectivity index (χ4v) is 0.997. The van der Waals surface area contributed by atoms with Crippen LogP contribution in [0.25, 0.3) is 0 Å². The number of unbranched alkanes of at least 4 members (excludes halogenated alkanes) is 2. The van der Waals surface area contributed by atoms with Crippen molar-refractivity contribution in [2.75, 3.05) is 0 Å². The molecule has 0 amide bonds. The van der Waals surface area contributed by atoms with Crippen LogP contribution >= 0.6 is 0 Å². The minimum atomic E-state index is 0.537. The van der Waals surface area contributed by atoms with Crippen LogP contribution in [0.1, 0.15) is 39.0 Å². The second-order valence-corrected chi connectivity index (χ2v) is 3.03. The highest BCUT2D eigenvalue weighted by Gasteiger charge is 1.79. The van der Waals surface area contributed by atoms with Crippen molar-refractivity contribution in [2.45, 2.75) is 39.0 Å². The zero-order chi connectivity index (χ0) is 10.5. The second kappa shape index (κ2) is 11.7. The van der Waals surface area contributed by atoms with E-state index in [0.29, 0.717) is 6.42 Å². The molecule has 0 rings (SSSR count). The SMILES string of the molecule is CC/C=C/C=C/CCC/C=C/CC#N. The van der Waals surface area contributed by atoms with E-state index in [4.69, 9.17) is 5.26 Å². The van der Waals surface area contributed by atoms with Gasteiger partial charge in [-0.3, -0.25) is 0 Å². The number of rotatable bonds is 7. The van der Waals surface area contributed by atoms with Crippen LogP contribution in [0, 0.1) is 11.3 Å². The third kappa shape index (κ3) is 10.7. The van der Waals surface area contributed by atoms with Crippen molar-refractivity contribution in [3.8, 4) is 6.07 Å². The average Bonchev–Trinajstić information content (AvgIpc) is 2.21. The Hall–Kier alpha value is -1.29. The topological polar surface area (TPSA) is 23.8 Å². The maximum absolute atomic E-state index is 8.27. The second-order valence-electron chi connectivity index (χ2n) is 3.03. The molecule has 0 aromatic carbocycles. The first-order valence-corrected chi connectivity index (χ1v) is 5.25. The summed E-state index contributed by atoms with van der Waals surface area (Å²) in [5.74, 6) is 0. The quantitative estimate of drug-likeness (QED) is 0.335. The highest BCUT2D eigenvalue weighted by Crippen LogP contribution is 1.98. The lowest BCUT2D eigenvalue weighted by Gasteiger charge is -1.88. The summed E-state index contributed by atoms with van der Waals surface area (Å²) in [5.41, 5.74) is 0. The molecule has 0 fully saturated rings. The zero-order valence-electron chi connectivity index (χ0n) is 8.95. The predicted molar refractivity (Wildman–Crippen MR) is 61.8 cm³/mol. The third-order valence-electron chi connectivity index (χ3n) is 1.74.